The Balaban J connectivity index is 2.43. The van der Waals surface area contributed by atoms with Gasteiger partial charge in [0.05, 0.1) is 0 Å². The van der Waals surface area contributed by atoms with Crippen LogP contribution < -0.4 is 5.32 Å². The van der Waals surface area contributed by atoms with Gasteiger partial charge in [0.15, 0.2) is 11.6 Å². The summed E-state index contributed by atoms with van der Waals surface area (Å²) in [6, 6.07) is 4.28. The molecule has 0 unspecified atom stereocenters. The Kier molecular flexibility index (Phi) is 7.29. The number of carbonyl (C=O) groups excluding carboxylic acids is 1. The number of aromatic hydroxyl groups is 1. The van der Waals surface area contributed by atoms with Crippen molar-refractivity contribution in [1.82, 2.24) is 10.2 Å². The van der Waals surface area contributed by atoms with E-state index < -0.39 is 11.4 Å². The SMILES string of the molecule is CCCN(CCNCc1ccc(O)c(F)c1)C(=O)OC(C)(C)C. The lowest BCUT2D eigenvalue weighted by Gasteiger charge is -2.27. The summed E-state index contributed by atoms with van der Waals surface area (Å²) in [5.41, 5.74) is 0.222. The number of phenolic OH excluding ortho intramolecular Hbond substituents is 1. The molecule has 0 saturated heterocycles. The number of amides is 1. The molecular weight excluding hydrogens is 299 g/mol. The van der Waals surface area contributed by atoms with Gasteiger partial charge in [0, 0.05) is 26.2 Å². The molecule has 0 fully saturated rings. The summed E-state index contributed by atoms with van der Waals surface area (Å²) in [5.74, 6) is -0.988. The van der Waals surface area contributed by atoms with Gasteiger partial charge in [-0.15, -0.1) is 0 Å². The number of hydrogen-bond acceptors (Lipinski definition) is 4. The molecule has 0 aliphatic heterocycles. The van der Waals surface area contributed by atoms with Gasteiger partial charge in [-0.1, -0.05) is 13.0 Å². The average Bonchev–Trinajstić information content (AvgIpc) is 2.44. The molecule has 1 aromatic carbocycles. The summed E-state index contributed by atoms with van der Waals surface area (Å²) in [6.45, 7) is 9.71. The molecule has 1 rings (SSSR count). The van der Waals surface area contributed by atoms with E-state index in [0.29, 0.717) is 26.2 Å². The lowest BCUT2D eigenvalue weighted by atomic mass is 10.2. The molecule has 6 heteroatoms. The third-order valence-corrected chi connectivity index (χ3v) is 3.04. The topological polar surface area (TPSA) is 61.8 Å². The van der Waals surface area contributed by atoms with E-state index in [1.165, 1.54) is 12.1 Å². The Morgan fingerprint density at radius 2 is 2.04 bits per heavy atom. The molecule has 0 aromatic heterocycles. The smallest absolute Gasteiger partial charge is 0.410 e. The molecule has 0 saturated carbocycles. The zero-order valence-corrected chi connectivity index (χ0v) is 14.4. The second-order valence-electron chi connectivity index (χ2n) is 6.43. The highest BCUT2D eigenvalue weighted by Gasteiger charge is 2.21. The van der Waals surface area contributed by atoms with E-state index in [1.807, 2.05) is 27.7 Å². The second kappa shape index (κ2) is 8.72. The molecule has 0 atom stereocenters. The number of hydrogen-bond donors (Lipinski definition) is 2. The van der Waals surface area contributed by atoms with Crippen LogP contribution in [-0.4, -0.2) is 41.3 Å². The van der Waals surface area contributed by atoms with Gasteiger partial charge in [-0.25, -0.2) is 9.18 Å². The average molecular weight is 326 g/mol. The van der Waals surface area contributed by atoms with Crippen molar-refractivity contribution in [2.45, 2.75) is 46.3 Å². The van der Waals surface area contributed by atoms with E-state index in [1.54, 1.807) is 11.0 Å². The van der Waals surface area contributed by atoms with Gasteiger partial charge in [0.25, 0.3) is 0 Å². The highest BCUT2D eigenvalue weighted by Crippen LogP contribution is 2.16. The standard InChI is InChI=1S/C17H27FN2O3/c1-5-9-20(16(22)23-17(2,3)4)10-8-19-12-13-6-7-15(21)14(18)11-13/h6-7,11,19,21H,5,8-10,12H2,1-4H3. The van der Waals surface area contributed by atoms with Gasteiger partial charge < -0.3 is 20.1 Å². The minimum Gasteiger partial charge on any atom is -0.505 e. The number of ether oxygens (including phenoxy) is 1. The maximum absolute atomic E-state index is 13.2. The number of rotatable bonds is 7. The lowest BCUT2D eigenvalue weighted by Crippen LogP contribution is -2.40. The lowest BCUT2D eigenvalue weighted by molar-refractivity contribution is 0.0252. The fourth-order valence-electron chi connectivity index (χ4n) is 2.00. The van der Waals surface area contributed by atoms with Crippen LogP contribution in [0.5, 0.6) is 5.75 Å². The first kappa shape index (κ1) is 19.2. The Morgan fingerprint density at radius 1 is 1.35 bits per heavy atom. The highest BCUT2D eigenvalue weighted by atomic mass is 19.1. The normalized spacial score (nSPS) is 11.3. The molecule has 0 aliphatic carbocycles. The maximum Gasteiger partial charge on any atom is 0.410 e. The number of nitrogens with zero attached hydrogens (tertiary/aromatic N) is 1. The van der Waals surface area contributed by atoms with Crippen molar-refractivity contribution in [3.05, 3.63) is 29.6 Å². The minimum atomic E-state index is -0.634. The maximum atomic E-state index is 13.2. The molecule has 23 heavy (non-hydrogen) atoms. The van der Waals surface area contributed by atoms with E-state index in [9.17, 15) is 9.18 Å². The van der Waals surface area contributed by atoms with Crippen molar-refractivity contribution in [3.8, 4) is 5.75 Å². The van der Waals surface area contributed by atoms with Crippen LogP contribution in [0.2, 0.25) is 0 Å². The molecule has 1 aromatic rings. The Hall–Kier alpha value is -1.82. The van der Waals surface area contributed by atoms with Crippen LogP contribution in [-0.2, 0) is 11.3 Å². The third-order valence-electron chi connectivity index (χ3n) is 3.04. The predicted octanol–water partition coefficient (Wildman–Crippen LogP) is 3.27. The molecule has 0 bridgehead atoms. The predicted molar refractivity (Wildman–Crippen MR) is 87.9 cm³/mol. The van der Waals surface area contributed by atoms with Crippen LogP contribution >= 0.6 is 0 Å². The zero-order valence-electron chi connectivity index (χ0n) is 14.4. The summed E-state index contributed by atoms with van der Waals surface area (Å²) in [6.07, 6.45) is 0.527. The summed E-state index contributed by atoms with van der Waals surface area (Å²) in [5, 5.41) is 12.3. The summed E-state index contributed by atoms with van der Waals surface area (Å²) >= 11 is 0. The van der Waals surface area contributed by atoms with Crippen molar-refractivity contribution < 1.29 is 19.0 Å². The first-order chi connectivity index (χ1) is 10.7. The molecule has 2 N–H and O–H groups in total. The van der Waals surface area contributed by atoms with Crippen molar-refractivity contribution in [2.75, 3.05) is 19.6 Å². The molecule has 5 nitrogen and oxygen atoms in total. The van der Waals surface area contributed by atoms with Gasteiger partial charge >= 0.3 is 6.09 Å². The Labute approximate surface area is 137 Å². The van der Waals surface area contributed by atoms with Crippen molar-refractivity contribution in [3.63, 3.8) is 0 Å². The molecule has 0 aliphatic rings. The van der Waals surface area contributed by atoms with E-state index in [4.69, 9.17) is 9.84 Å². The molecule has 0 heterocycles. The molecule has 0 spiro atoms. The number of carbonyl (C=O) groups is 1. The van der Waals surface area contributed by atoms with Gasteiger partial charge in [-0.3, -0.25) is 0 Å². The van der Waals surface area contributed by atoms with E-state index >= 15 is 0 Å². The van der Waals surface area contributed by atoms with Crippen molar-refractivity contribution >= 4 is 6.09 Å². The first-order valence-corrected chi connectivity index (χ1v) is 7.89. The summed E-state index contributed by atoms with van der Waals surface area (Å²) in [7, 11) is 0. The highest BCUT2D eigenvalue weighted by molar-refractivity contribution is 5.68. The van der Waals surface area contributed by atoms with Crippen LogP contribution in [0, 0.1) is 5.82 Å². The van der Waals surface area contributed by atoms with Crippen molar-refractivity contribution in [2.24, 2.45) is 0 Å². The van der Waals surface area contributed by atoms with Gasteiger partial charge in [-0.2, -0.15) is 0 Å². The van der Waals surface area contributed by atoms with Gasteiger partial charge in [0.1, 0.15) is 5.60 Å². The Morgan fingerprint density at radius 3 is 2.61 bits per heavy atom. The van der Waals surface area contributed by atoms with E-state index in [-0.39, 0.29) is 11.8 Å². The fourth-order valence-corrected chi connectivity index (χ4v) is 2.00. The number of benzene rings is 1. The molecule has 1 amide bonds. The molecule has 0 radical (unpaired) electrons. The number of nitrogens with one attached hydrogen (secondary N) is 1. The monoisotopic (exact) mass is 326 g/mol. The van der Waals surface area contributed by atoms with Crippen LogP contribution in [0.3, 0.4) is 0 Å². The van der Waals surface area contributed by atoms with E-state index in [0.717, 1.165) is 12.0 Å². The van der Waals surface area contributed by atoms with Crippen LogP contribution in [0.4, 0.5) is 9.18 Å². The van der Waals surface area contributed by atoms with Crippen LogP contribution in [0.25, 0.3) is 0 Å². The minimum absolute atomic E-state index is 0.322. The Bertz CT molecular complexity index is 515. The molecular formula is C17H27FN2O3. The third kappa shape index (κ3) is 7.32. The van der Waals surface area contributed by atoms with Crippen LogP contribution in [0.15, 0.2) is 18.2 Å². The fraction of sp³-hybridized carbons (Fsp3) is 0.588. The van der Waals surface area contributed by atoms with Gasteiger partial charge in [-0.05, 0) is 44.9 Å². The number of halogens is 1. The largest absolute Gasteiger partial charge is 0.505 e. The van der Waals surface area contributed by atoms with Crippen LogP contribution in [0.1, 0.15) is 39.7 Å². The zero-order chi connectivity index (χ0) is 17.5. The number of phenols is 1. The summed E-state index contributed by atoms with van der Waals surface area (Å²) in [4.78, 5) is 13.8. The summed E-state index contributed by atoms with van der Waals surface area (Å²) < 4.78 is 18.6. The first-order valence-electron chi connectivity index (χ1n) is 7.89. The second-order valence-corrected chi connectivity index (χ2v) is 6.43. The quantitative estimate of drug-likeness (QED) is 0.755. The molecule has 130 valence electrons. The van der Waals surface area contributed by atoms with Crippen molar-refractivity contribution in [1.29, 1.82) is 0 Å². The van der Waals surface area contributed by atoms with Gasteiger partial charge in [0.2, 0.25) is 0 Å². The van der Waals surface area contributed by atoms with E-state index in [2.05, 4.69) is 5.32 Å².